The van der Waals surface area contributed by atoms with E-state index in [-0.39, 0.29) is 6.61 Å². The first-order valence-electron chi connectivity index (χ1n) is 4.08. The molecule has 0 fully saturated rings. The topological polar surface area (TPSA) is 59.7 Å². The molecule has 0 spiro atoms. The molecule has 0 saturated carbocycles. The number of carbonyl (C=O) groups is 1. The molecule has 0 aliphatic rings. The Morgan fingerprint density at radius 3 is 3.07 bits per heavy atom. The minimum absolute atomic E-state index is 0.361. The van der Waals surface area contributed by atoms with Gasteiger partial charge in [-0.2, -0.15) is 0 Å². The van der Waals surface area contributed by atoms with Gasteiger partial charge < -0.3 is 14.3 Å². The van der Waals surface area contributed by atoms with Crippen molar-refractivity contribution in [2.24, 2.45) is 0 Å². The number of aliphatic carboxylic acids is 1. The monoisotopic (exact) mass is 192 g/mol. The number of carboxylic acids is 1. The van der Waals surface area contributed by atoms with Crippen LogP contribution in [0.5, 0.6) is 5.75 Å². The summed E-state index contributed by atoms with van der Waals surface area (Å²) in [5, 5.41) is 9.34. The highest BCUT2D eigenvalue weighted by molar-refractivity contribution is 5.83. The third kappa shape index (κ3) is 1.54. The van der Waals surface area contributed by atoms with Gasteiger partial charge in [0.25, 0.3) is 0 Å². The Hall–Kier alpha value is -1.97. The van der Waals surface area contributed by atoms with Crippen LogP contribution in [-0.4, -0.2) is 17.7 Å². The van der Waals surface area contributed by atoms with E-state index < -0.39 is 5.97 Å². The van der Waals surface area contributed by atoms with E-state index in [1.54, 1.807) is 18.2 Å². The van der Waals surface area contributed by atoms with E-state index in [2.05, 4.69) is 0 Å². The number of furan rings is 1. The lowest BCUT2D eigenvalue weighted by Gasteiger charge is -2.02. The average Bonchev–Trinajstić information content (AvgIpc) is 2.62. The fourth-order valence-electron chi connectivity index (χ4n) is 1.22. The van der Waals surface area contributed by atoms with Crippen LogP contribution in [0.3, 0.4) is 0 Å². The Bertz CT molecular complexity index is 458. The molecule has 4 nitrogen and oxygen atoms in total. The summed E-state index contributed by atoms with van der Waals surface area (Å²) in [5.74, 6) is -0.552. The lowest BCUT2D eigenvalue weighted by molar-refractivity contribution is -0.139. The maximum Gasteiger partial charge on any atom is 0.341 e. The molecule has 2 aromatic rings. The Morgan fingerprint density at radius 2 is 2.29 bits per heavy atom. The van der Waals surface area contributed by atoms with Crippen LogP contribution in [0.4, 0.5) is 0 Å². The maximum atomic E-state index is 10.3. The highest BCUT2D eigenvalue weighted by Gasteiger charge is 2.06. The first-order valence-corrected chi connectivity index (χ1v) is 4.08. The van der Waals surface area contributed by atoms with Crippen molar-refractivity contribution < 1.29 is 19.1 Å². The van der Waals surface area contributed by atoms with Gasteiger partial charge in [-0.25, -0.2) is 4.79 Å². The van der Waals surface area contributed by atoms with E-state index in [0.29, 0.717) is 11.3 Å². The summed E-state index contributed by atoms with van der Waals surface area (Å²) in [7, 11) is 0. The molecule has 4 heteroatoms. The fourth-order valence-corrected chi connectivity index (χ4v) is 1.22. The molecule has 14 heavy (non-hydrogen) atoms. The highest BCUT2D eigenvalue weighted by Crippen LogP contribution is 2.25. The molecule has 1 aromatic heterocycles. The minimum Gasteiger partial charge on any atom is -0.479 e. The Labute approximate surface area is 79.7 Å². The van der Waals surface area contributed by atoms with Gasteiger partial charge in [-0.15, -0.1) is 0 Å². The smallest absolute Gasteiger partial charge is 0.341 e. The van der Waals surface area contributed by atoms with Crippen molar-refractivity contribution in [3.8, 4) is 5.75 Å². The van der Waals surface area contributed by atoms with Crippen LogP contribution in [-0.2, 0) is 4.79 Å². The number of benzene rings is 1. The summed E-state index contributed by atoms with van der Waals surface area (Å²) < 4.78 is 10.2. The van der Waals surface area contributed by atoms with Crippen LogP contribution in [0.1, 0.15) is 0 Å². The van der Waals surface area contributed by atoms with Gasteiger partial charge in [0, 0.05) is 5.39 Å². The Kier molecular flexibility index (Phi) is 2.10. The average molecular weight is 192 g/mol. The number of hydrogen-bond donors (Lipinski definition) is 1. The van der Waals surface area contributed by atoms with E-state index in [0.717, 1.165) is 5.39 Å². The predicted molar refractivity (Wildman–Crippen MR) is 49.3 cm³/mol. The van der Waals surface area contributed by atoms with Gasteiger partial charge in [0.1, 0.15) is 0 Å². The summed E-state index contributed by atoms with van der Waals surface area (Å²) in [6.07, 6.45) is 1.54. The molecule has 0 aliphatic heterocycles. The summed E-state index contributed by atoms with van der Waals surface area (Å²) >= 11 is 0. The van der Waals surface area contributed by atoms with Crippen molar-refractivity contribution >= 4 is 16.9 Å². The summed E-state index contributed by atoms with van der Waals surface area (Å²) in [6, 6.07) is 7.12. The third-order valence-corrected chi connectivity index (χ3v) is 1.79. The molecule has 0 radical (unpaired) electrons. The second-order valence-electron chi connectivity index (χ2n) is 2.78. The molecule has 0 amide bonds. The van der Waals surface area contributed by atoms with Crippen LogP contribution < -0.4 is 4.74 Å². The standard InChI is InChI=1S/C10H8O4/c11-9(12)6-14-8-3-1-2-7-4-5-13-10(7)8/h1-5H,6H2,(H,11,12). The largest absolute Gasteiger partial charge is 0.479 e. The minimum atomic E-state index is -1.01. The highest BCUT2D eigenvalue weighted by atomic mass is 16.5. The summed E-state index contributed by atoms with van der Waals surface area (Å²) in [6.45, 7) is -0.361. The number of hydrogen-bond acceptors (Lipinski definition) is 3. The van der Waals surface area contributed by atoms with Crippen molar-refractivity contribution in [1.29, 1.82) is 0 Å². The lowest BCUT2D eigenvalue weighted by Crippen LogP contribution is -2.09. The molecule has 0 atom stereocenters. The van der Waals surface area contributed by atoms with Crippen LogP contribution in [0.2, 0.25) is 0 Å². The number of carboxylic acid groups (broad SMARTS) is 1. The second kappa shape index (κ2) is 3.41. The van der Waals surface area contributed by atoms with Gasteiger partial charge >= 0.3 is 5.97 Å². The van der Waals surface area contributed by atoms with Gasteiger partial charge in [0.15, 0.2) is 17.9 Å². The SMILES string of the molecule is O=C(O)COc1cccc2ccoc12. The van der Waals surface area contributed by atoms with Crippen LogP contribution in [0, 0.1) is 0 Å². The van der Waals surface area contributed by atoms with Gasteiger partial charge in [0.05, 0.1) is 6.26 Å². The summed E-state index contributed by atoms with van der Waals surface area (Å²) in [4.78, 5) is 10.3. The second-order valence-corrected chi connectivity index (χ2v) is 2.78. The molecule has 1 N–H and O–H groups in total. The lowest BCUT2D eigenvalue weighted by atomic mass is 10.2. The molecular weight excluding hydrogens is 184 g/mol. The zero-order valence-corrected chi connectivity index (χ0v) is 7.27. The van der Waals surface area contributed by atoms with Gasteiger partial charge in [0.2, 0.25) is 0 Å². The fraction of sp³-hybridized carbons (Fsp3) is 0.100. The van der Waals surface area contributed by atoms with Crippen LogP contribution in [0.25, 0.3) is 11.0 Å². The van der Waals surface area contributed by atoms with Crippen LogP contribution in [0.15, 0.2) is 34.9 Å². The summed E-state index contributed by atoms with van der Waals surface area (Å²) in [5.41, 5.74) is 0.578. The third-order valence-electron chi connectivity index (χ3n) is 1.79. The van der Waals surface area contributed by atoms with Crippen molar-refractivity contribution in [3.63, 3.8) is 0 Å². The first kappa shape index (κ1) is 8.62. The predicted octanol–water partition coefficient (Wildman–Crippen LogP) is 1.90. The van der Waals surface area contributed by atoms with E-state index >= 15 is 0 Å². The first-order chi connectivity index (χ1) is 6.77. The number of para-hydroxylation sites is 1. The zero-order valence-electron chi connectivity index (χ0n) is 7.27. The molecule has 72 valence electrons. The van der Waals surface area contributed by atoms with Gasteiger partial charge in [-0.3, -0.25) is 0 Å². The van der Waals surface area contributed by atoms with Crippen molar-refractivity contribution in [2.45, 2.75) is 0 Å². The number of ether oxygens (including phenoxy) is 1. The Morgan fingerprint density at radius 1 is 1.43 bits per heavy atom. The van der Waals surface area contributed by atoms with Crippen molar-refractivity contribution in [2.75, 3.05) is 6.61 Å². The molecule has 0 aliphatic carbocycles. The quantitative estimate of drug-likeness (QED) is 0.806. The maximum absolute atomic E-state index is 10.3. The molecule has 1 aromatic carbocycles. The molecule has 0 saturated heterocycles. The molecular formula is C10H8O4. The van der Waals surface area contributed by atoms with Crippen molar-refractivity contribution in [3.05, 3.63) is 30.5 Å². The van der Waals surface area contributed by atoms with E-state index in [9.17, 15) is 4.79 Å². The molecule has 1 heterocycles. The van der Waals surface area contributed by atoms with E-state index in [1.165, 1.54) is 6.26 Å². The molecule has 0 bridgehead atoms. The van der Waals surface area contributed by atoms with Crippen LogP contribution >= 0.6 is 0 Å². The van der Waals surface area contributed by atoms with Gasteiger partial charge in [-0.1, -0.05) is 12.1 Å². The van der Waals surface area contributed by atoms with Crippen molar-refractivity contribution in [1.82, 2.24) is 0 Å². The molecule has 2 rings (SSSR count). The number of rotatable bonds is 3. The van der Waals surface area contributed by atoms with Gasteiger partial charge in [-0.05, 0) is 12.1 Å². The normalized spacial score (nSPS) is 10.3. The zero-order chi connectivity index (χ0) is 9.97. The molecule has 0 unspecified atom stereocenters. The van der Waals surface area contributed by atoms with E-state index in [1.807, 2.05) is 6.07 Å². The number of fused-ring (bicyclic) bond motifs is 1. The van der Waals surface area contributed by atoms with E-state index in [4.69, 9.17) is 14.3 Å². The Balaban J connectivity index is 2.32.